The number of rotatable bonds is 6. The van der Waals surface area contributed by atoms with E-state index < -0.39 is 10.0 Å². The van der Waals surface area contributed by atoms with Crippen molar-refractivity contribution >= 4 is 10.0 Å². The summed E-state index contributed by atoms with van der Waals surface area (Å²) in [6.45, 7) is 3.19. The molecular formula is C17H28N2O2S. The molecule has 0 radical (unpaired) electrons. The largest absolute Gasteiger partial charge is 0.310 e. The van der Waals surface area contributed by atoms with Gasteiger partial charge in [0.25, 0.3) is 0 Å². The second-order valence-corrected chi connectivity index (χ2v) is 8.64. The average Bonchev–Trinajstić information content (AvgIpc) is 2.53. The van der Waals surface area contributed by atoms with Crippen LogP contribution in [0.4, 0.5) is 0 Å². The second-order valence-electron chi connectivity index (χ2n) is 6.49. The van der Waals surface area contributed by atoms with E-state index in [2.05, 4.69) is 12.2 Å². The van der Waals surface area contributed by atoms with Crippen molar-refractivity contribution in [1.29, 1.82) is 0 Å². The number of hydrogen-bond donors (Lipinski definition) is 1. The van der Waals surface area contributed by atoms with Crippen molar-refractivity contribution in [3.8, 4) is 0 Å². The summed E-state index contributed by atoms with van der Waals surface area (Å²) >= 11 is 0. The molecule has 124 valence electrons. The van der Waals surface area contributed by atoms with E-state index in [-0.39, 0.29) is 6.04 Å². The van der Waals surface area contributed by atoms with Crippen LogP contribution in [0.3, 0.4) is 0 Å². The molecule has 5 heteroatoms. The fourth-order valence-electron chi connectivity index (χ4n) is 2.99. The minimum Gasteiger partial charge on any atom is -0.310 e. The Hall–Kier alpha value is -0.910. The maximum Gasteiger partial charge on any atom is 0.242 e. The lowest BCUT2D eigenvalue weighted by atomic mass is 9.89. The predicted molar refractivity (Wildman–Crippen MR) is 90.3 cm³/mol. The van der Waals surface area contributed by atoms with Gasteiger partial charge in [0.1, 0.15) is 0 Å². The molecule has 1 aliphatic rings. The Morgan fingerprint density at radius 3 is 2.27 bits per heavy atom. The third-order valence-electron chi connectivity index (χ3n) is 4.60. The molecular weight excluding hydrogens is 296 g/mol. The van der Waals surface area contributed by atoms with Crippen LogP contribution in [0.15, 0.2) is 29.2 Å². The van der Waals surface area contributed by atoms with Gasteiger partial charge in [0.15, 0.2) is 0 Å². The van der Waals surface area contributed by atoms with E-state index in [0.717, 1.165) is 18.0 Å². The smallest absolute Gasteiger partial charge is 0.242 e. The van der Waals surface area contributed by atoms with E-state index in [4.69, 9.17) is 0 Å². The summed E-state index contributed by atoms with van der Waals surface area (Å²) in [7, 11) is -0.230. The van der Waals surface area contributed by atoms with Crippen LogP contribution in [0.25, 0.3) is 0 Å². The predicted octanol–water partition coefficient (Wildman–Crippen LogP) is 3.17. The number of sulfonamides is 1. The summed E-state index contributed by atoms with van der Waals surface area (Å²) in [6.07, 6.45) is 6.77. The van der Waals surface area contributed by atoms with Gasteiger partial charge in [-0.3, -0.25) is 0 Å². The lowest BCUT2D eigenvalue weighted by Gasteiger charge is -2.24. The maximum absolute atomic E-state index is 12.1. The van der Waals surface area contributed by atoms with Crippen LogP contribution in [0, 0.1) is 5.92 Å². The molecule has 0 bridgehead atoms. The Balaban J connectivity index is 1.94. The van der Waals surface area contributed by atoms with Gasteiger partial charge >= 0.3 is 0 Å². The summed E-state index contributed by atoms with van der Waals surface area (Å²) < 4.78 is 25.4. The molecule has 22 heavy (non-hydrogen) atoms. The molecule has 1 fully saturated rings. The molecule has 1 aromatic rings. The van der Waals surface area contributed by atoms with Crippen molar-refractivity contribution < 1.29 is 8.42 Å². The van der Waals surface area contributed by atoms with Crippen molar-refractivity contribution in [1.82, 2.24) is 9.62 Å². The zero-order valence-corrected chi connectivity index (χ0v) is 14.7. The quantitative estimate of drug-likeness (QED) is 0.874. The van der Waals surface area contributed by atoms with Crippen LogP contribution < -0.4 is 5.32 Å². The highest BCUT2D eigenvalue weighted by Gasteiger charge is 2.18. The summed E-state index contributed by atoms with van der Waals surface area (Å²) in [5.41, 5.74) is 1.13. The van der Waals surface area contributed by atoms with Crippen LogP contribution in [-0.2, 0) is 10.0 Å². The monoisotopic (exact) mass is 324 g/mol. The number of hydrogen-bond acceptors (Lipinski definition) is 3. The summed E-state index contributed by atoms with van der Waals surface area (Å²) in [5, 5.41) is 3.59. The Kier molecular flexibility index (Phi) is 6.01. The van der Waals surface area contributed by atoms with Crippen LogP contribution in [0.5, 0.6) is 0 Å². The lowest BCUT2D eigenvalue weighted by molar-refractivity contribution is 0.331. The molecule has 0 saturated heterocycles. The molecule has 4 nitrogen and oxygen atoms in total. The van der Waals surface area contributed by atoms with Gasteiger partial charge in [0, 0.05) is 20.1 Å². The summed E-state index contributed by atoms with van der Waals surface area (Å²) in [6, 6.07) is 7.47. The molecule has 0 aliphatic heterocycles. The van der Waals surface area contributed by atoms with E-state index in [1.807, 2.05) is 12.1 Å². The summed E-state index contributed by atoms with van der Waals surface area (Å²) in [5.74, 6) is 0.796. The number of nitrogens with zero attached hydrogens (tertiary/aromatic N) is 1. The highest BCUT2D eigenvalue weighted by atomic mass is 32.2. The SMILES string of the molecule is CC(NCC1CCCCC1)c1ccc(S(=O)(=O)N(C)C)cc1. The topological polar surface area (TPSA) is 49.4 Å². The molecule has 2 rings (SSSR count). The molecule has 1 unspecified atom stereocenters. The van der Waals surface area contributed by atoms with Crippen LogP contribution in [-0.4, -0.2) is 33.4 Å². The third kappa shape index (κ3) is 4.31. The van der Waals surface area contributed by atoms with Crippen molar-refractivity contribution in [2.45, 2.75) is 50.0 Å². The van der Waals surface area contributed by atoms with Gasteiger partial charge in [0.05, 0.1) is 4.90 Å². The fraction of sp³-hybridized carbons (Fsp3) is 0.647. The number of nitrogens with one attached hydrogen (secondary N) is 1. The highest BCUT2D eigenvalue weighted by Crippen LogP contribution is 2.24. The van der Waals surface area contributed by atoms with Crippen LogP contribution >= 0.6 is 0 Å². The van der Waals surface area contributed by atoms with E-state index in [1.54, 1.807) is 26.2 Å². The Morgan fingerprint density at radius 1 is 1.14 bits per heavy atom. The van der Waals surface area contributed by atoms with Crippen molar-refractivity contribution in [3.05, 3.63) is 29.8 Å². The molecule has 1 aromatic carbocycles. The van der Waals surface area contributed by atoms with Gasteiger partial charge in [-0.25, -0.2) is 12.7 Å². The maximum atomic E-state index is 12.1. The zero-order valence-electron chi connectivity index (χ0n) is 13.9. The van der Waals surface area contributed by atoms with Crippen LogP contribution in [0.2, 0.25) is 0 Å². The standard InChI is InChI=1S/C17H28N2O2S/c1-14(18-13-15-7-5-4-6-8-15)16-9-11-17(12-10-16)22(20,21)19(2)3/h9-12,14-15,18H,4-8,13H2,1-3H3. The highest BCUT2D eigenvalue weighted by molar-refractivity contribution is 7.89. The first-order valence-corrected chi connectivity index (χ1v) is 9.61. The van der Waals surface area contributed by atoms with Gasteiger partial charge in [-0.05, 0) is 49.9 Å². The van der Waals surface area contributed by atoms with Crippen LogP contribution in [0.1, 0.15) is 50.6 Å². The number of benzene rings is 1. The zero-order chi connectivity index (χ0) is 16.2. The van der Waals surface area contributed by atoms with Gasteiger partial charge in [0.2, 0.25) is 10.0 Å². The van der Waals surface area contributed by atoms with Crippen molar-refractivity contribution in [3.63, 3.8) is 0 Å². The van der Waals surface area contributed by atoms with E-state index >= 15 is 0 Å². The second kappa shape index (κ2) is 7.57. The van der Waals surface area contributed by atoms with Gasteiger partial charge in [-0.1, -0.05) is 31.4 Å². The summed E-state index contributed by atoms with van der Waals surface area (Å²) in [4.78, 5) is 0.348. The Bertz CT molecular complexity index is 561. The van der Waals surface area contributed by atoms with Gasteiger partial charge in [-0.15, -0.1) is 0 Å². The molecule has 0 spiro atoms. The fourth-order valence-corrected chi connectivity index (χ4v) is 3.89. The minimum atomic E-state index is -3.34. The first-order valence-electron chi connectivity index (χ1n) is 8.17. The molecule has 0 aromatic heterocycles. The Morgan fingerprint density at radius 2 is 1.73 bits per heavy atom. The molecule has 1 saturated carbocycles. The van der Waals surface area contributed by atoms with E-state index in [0.29, 0.717) is 4.90 Å². The van der Waals surface area contributed by atoms with E-state index in [9.17, 15) is 8.42 Å². The first kappa shape index (κ1) is 17.4. The van der Waals surface area contributed by atoms with Gasteiger partial charge in [-0.2, -0.15) is 0 Å². The Labute approximate surface area is 135 Å². The lowest BCUT2D eigenvalue weighted by Crippen LogP contribution is -2.27. The molecule has 1 atom stereocenters. The molecule has 0 heterocycles. The minimum absolute atomic E-state index is 0.248. The molecule has 0 amide bonds. The van der Waals surface area contributed by atoms with Crippen molar-refractivity contribution in [2.24, 2.45) is 5.92 Å². The third-order valence-corrected chi connectivity index (χ3v) is 6.43. The first-order chi connectivity index (χ1) is 10.4. The normalized spacial score (nSPS) is 18.5. The van der Waals surface area contributed by atoms with E-state index in [1.165, 1.54) is 36.4 Å². The van der Waals surface area contributed by atoms with Gasteiger partial charge < -0.3 is 5.32 Å². The molecule has 1 aliphatic carbocycles. The average molecular weight is 324 g/mol. The van der Waals surface area contributed by atoms with Crippen molar-refractivity contribution in [2.75, 3.05) is 20.6 Å². The molecule has 1 N–H and O–H groups in total.